The molecule has 0 aliphatic rings. The second-order valence-corrected chi connectivity index (χ2v) is 5.64. The Morgan fingerprint density at radius 1 is 1.53 bits per heavy atom. The molecule has 1 aromatic rings. The molecule has 1 heterocycles. The lowest BCUT2D eigenvalue weighted by atomic mass is 9.99. The standard InChI is InChI=1S/C15H21NS/c1-6-11(2)7-12(3)8-13(4)9-15-10-17-14(5)16-15/h6-7,9-10,12H,1,8H2,2-5H3/b11-7-,13-9+/t12-/m1/s1. The Labute approximate surface area is 109 Å². The molecule has 1 atom stereocenters. The highest BCUT2D eigenvalue weighted by Crippen LogP contribution is 2.18. The molecule has 1 aromatic heterocycles. The van der Waals surface area contributed by atoms with E-state index in [1.54, 1.807) is 11.3 Å². The molecule has 0 aromatic carbocycles. The van der Waals surface area contributed by atoms with E-state index in [4.69, 9.17) is 0 Å². The lowest BCUT2D eigenvalue weighted by molar-refractivity contribution is 0.715. The third kappa shape index (κ3) is 5.14. The molecule has 0 N–H and O–H groups in total. The molecule has 0 amide bonds. The van der Waals surface area contributed by atoms with Crippen molar-refractivity contribution in [3.8, 4) is 0 Å². The summed E-state index contributed by atoms with van der Waals surface area (Å²) in [4.78, 5) is 4.45. The lowest BCUT2D eigenvalue weighted by Crippen LogP contribution is -1.92. The van der Waals surface area contributed by atoms with Crippen molar-refractivity contribution in [2.75, 3.05) is 0 Å². The van der Waals surface area contributed by atoms with Crippen molar-refractivity contribution in [2.24, 2.45) is 5.92 Å². The zero-order valence-corrected chi connectivity index (χ0v) is 12.0. The van der Waals surface area contributed by atoms with E-state index in [0.29, 0.717) is 5.92 Å². The number of hydrogen-bond donors (Lipinski definition) is 0. The van der Waals surface area contributed by atoms with E-state index in [2.05, 4.69) is 49.9 Å². The van der Waals surface area contributed by atoms with Crippen LogP contribution in [0, 0.1) is 12.8 Å². The van der Waals surface area contributed by atoms with E-state index in [1.165, 1.54) is 11.1 Å². The van der Waals surface area contributed by atoms with Gasteiger partial charge in [0, 0.05) is 5.38 Å². The van der Waals surface area contributed by atoms with Crippen molar-refractivity contribution >= 4 is 17.4 Å². The molecule has 17 heavy (non-hydrogen) atoms. The van der Waals surface area contributed by atoms with Crippen LogP contribution in [-0.2, 0) is 0 Å². The third-order valence-corrected chi connectivity index (χ3v) is 3.34. The maximum atomic E-state index is 4.45. The van der Waals surface area contributed by atoms with Gasteiger partial charge in [0.25, 0.3) is 0 Å². The fourth-order valence-corrected chi connectivity index (χ4v) is 2.41. The summed E-state index contributed by atoms with van der Waals surface area (Å²) in [5.74, 6) is 0.545. The van der Waals surface area contributed by atoms with Crippen LogP contribution in [0.3, 0.4) is 0 Å². The summed E-state index contributed by atoms with van der Waals surface area (Å²) in [7, 11) is 0. The second kappa shape index (κ2) is 6.55. The number of hydrogen-bond acceptors (Lipinski definition) is 2. The molecular formula is C15H21NS. The second-order valence-electron chi connectivity index (χ2n) is 4.58. The van der Waals surface area contributed by atoms with Crippen molar-refractivity contribution in [2.45, 2.75) is 34.1 Å². The SMILES string of the molecule is C=C/C(C)=C\[C@@H](C)C/C(C)=C/c1csc(C)n1. The van der Waals surface area contributed by atoms with Gasteiger partial charge in [-0.2, -0.15) is 0 Å². The number of allylic oxidation sites excluding steroid dienone is 4. The smallest absolute Gasteiger partial charge is 0.0901 e. The Balaban J connectivity index is 2.63. The first-order chi connectivity index (χ1) is 8.01. The summed E-state index contributed by atoms with van der Waals surface area (Å²) in [5, 5.41) is 3.23. The third-order valence-electron chi connectivity index (χ3n) is 2.54. The monoisotopic (exact) mass is 247 g/mol. The van der Waals surface area contributed by atoms with Gasteiger partial charge >= 0.3 is 0 Å². The first-order valence-electron chi connectivity index (χ1n) is 5.91. The number of rotatable bonds is 5. The minimum absolute atomic E-state index is 0.545. The molecule has 0 radical (unpaired) electrons. The summed E-state index contributed by atoms with van der Waals surface area (Å²) in [6.45, 7) is 12.3. The van der Waals surface area contributed by atoms with Crippen LogP contribution in [0.5, 0.6) is 0 Å². The van der Waals surface area contributed by atoms with Gasteiger partial charge in [0.15, 0.2) is 0 Å². The van der Waals surface area contributed by atoms with Gasteiger partial charge in [-0.3, -0.25) is 0 Å². The Morgan fingerprint density at radius 3 is 2.76 bits per heavy atom. The van der Waals surface area contributed by atoms with E-state index in [-0.39, 0.29) is 0 Å². The number of nitrogens with zero attached hydrogens (tertiary/aromatic N) is 1. The maximum Gasteiger partial charge on any atom is 0.0901 e. The van der Waals surface area contributed by atoms with E-state index < -0.39 is 0 Å². The summed E-state index contributed by atoms with van der Waals surface area (Å²) in [6.07, 6.45) is 7.41. The van der Waals surface area contributed by atoms with Gasteiger partial charge in [0.1, 0.15) is 0 Å². The minimum atomic E-state index is 0.545. The van der Waals surface area contributed by atoms with Gasteiger partial charge in [-0.15, -0.1) is 11.3 Å². The predicted molar refractivity (Wildman–Crippen MR) is 78.2 cm³/mol. The van der Waals surface area contributed by atoms with Crippen LogP contribution in [0.25, 0.3) is 6.08 Å². The molecule has 0 saturated heterocycles. The summed E-state index contributed by atoms with van der Waals surface area (Å²) in [6, 6.07) is 0. The van der Waals surface area contributed by atoms with Crippen LogP contribution in [0.1, 0.15) is 37.9 Å². The highest BCUT2D eigenvalue weighted by Gasteiger charge is 2.01. The first kappa shape index (κ1) is 13.9. The molecule has 0 unspecified atom stereocenters. The predicted octanol–water partition coefficient (Wildman–Crippen LogP) is 5.01. The fourth-order valence-electron chi connectivity index (χ4n) is 1.84. The summed E-state index contributed by atoms with van der Waals surface area (Å²) < 4.78 is 0. The van der Waals surface area contributed by atoms with Crippen molar-refractivity contribution in [3.05, 3.63) is 46.0 Å². The van der Waals surface area contributed by atoms with Gasteiger partial charge in [-0.25, -0.2) is 4.98 Å². The quantitative estimate of drug-likeness (QED) is 0.666. The molecular weight excluding hydrogens is 226 g/mol. The van der Waals surface area contributed by atoms with Crippen molar-refractivity contribution in [3.63, 3.8) is 0 Å². The molecule has 2 heteroatoms. The molecule has 1 nitrogen and oxygen atoms in total. The Hall–Kier alpha value is -1.15. The van der Waals surface area contributed by atoms with E-state index >= 15 is 0 Å². The van der Waals surface area contributed by atoms with E-state index in [9.17, 15) is 0 Å². The van der Waals surface area contributed by atoms with Crippen LogP contribution in [0.2, 0.25) is 0 Å². The largest absolute Gasteiger partial charge is 0.242 e. The van der Waals surface area contributed by atoms with Crippen LogP contribution < -0.4 is 0 Å². The van der Waals surface area contributed by atoms with Crippen molar-refractivity contribution in [1.29, 1.82) is 0 Å². The van der Waals surface area contributed by atoms with Crippen LogP contribution in [0.4, 0.5) is 0 Å². The van der Waals surface area contributed by atoms with Gasteiger partial charge in [-0.05, 0) is 39.2 Å². The van der Waals surface area contributed by atoms with Crippen LogP contribution >= 0.6 is 11.3 Å². The van der Waals surface area contributed by atoms with E-state index in [0.717, 1.165) is 17.1 Å². The lowest BCUT2D eigenvalue weighted by Gasteiger charge is -2.07. The molecule has 0 spiro atoms. The van der Waals surface area contributed by atoms with Crippen molar-refractivity contribution < 1.29 is 0 Å². The molecule has 0 saturated carbocycles. The maximum absolute atomic E-state index is 4.45. The molecule has 1 rings (SSSR count). The number of aromatic nitrogens is 1. The van der Waals surface area contributed by atoms with Crippen molar-refractivity contribution in [1.82, 2.24) is 4.98 Å². The van der Waals surface area contributed by atoms with Crippen LogP contribution in [-0.4, -0.2) is 4.98 Å². The average Bonchev–Trinajstić information content (AvgIpc) is 2.63. The molecule has 0 fully saturated rings. The average molecular weight is 247 g/mol. The van der Waals surface area contributed by atoms with E-state index in [1.807, 2.05) is 13.0 Å². The molecule has 0 aliphatic heterocycles. The molecule has 92 valence electrons. The zero-order valence-electron chi connectivity index (χ0n) is 11.2. The highest BCUT2D eigenvalue weighted by molar-refractivity contribution is 7.09. The topological polar surface area (TPSA) is 12.9 Å². The van der Waals surface area contributed by atoms with Crippen LogP contribution in [0.15, 0.2) is 35.3 Å². The molecule has 0 aliphatic carbocycles. The Bertz CT molecular complexity index is 438. The minimum Gasteiger partial charge on any atom is -0.242 e. The van der Waals surface area contributed by atoms with Gasteiger partial charge in [-0.1, -0.05) is 36.8 Å². The Kier molecular flexibility index (Phi) is 5.36. The summed E-state index contributed by atoms with van der Waals surface area (Å²) in [5.41, 5.74) is 3.70. The number of thiazole rings is 1. The van der Waals surface area contributed by atoms with Gasteiger partial charge < -0.3 is 0 Å². The Morgan fingerprint density at radius 2 is 2.24 bits per heavy atom. The fraction of sp³-hybridized carbons (Fsp3) is 0.400. The first-order valence-corrected chi connectivity index (χ1v) is 6.79. The number of aryl methyl sites for hydroxylation is 1. The zero-order chi connectivity index (χ0) is 12.8. The molecule has 0 bridgehead atoms. The summed E-state index contributed by atoms with van der Waals surface area (Å²) >= 11 is 1.70. The van der Waals surface area contributed by atoms with Gasteiger partial charge in [0.05, 0.1) is 10.7 Å². The highest BCUT2D eigenvalue weighted by atomic mass is 32.1. The normalized spacial score (nSPS) is 14.8. The van der Waals surface area contributed by atoms with Gasteiger partial charge in [0.2, 0.25) is 0 Å².